The third-order valence-electron chi connectivity index (χ3n) is 32.9. The summed E-state index contributed by atoms with van der Waals surface area (Å²) in [5.41, 5.74) is 22.6. The molecule has 7 unspecified atom stereocenters. The summed E-state index contributed by atoms with van der Waals surface area (Å²) in [6.45, 7) is 26.9. The fraction of sp³-hybridized carbons (Fsp3) is 0.231. The number of hydrogen-bond donors (Lipinski definition) is 0. The van der Waals surface area contributed by atoms with E-state index < -0.39 is 16.1 Å². The SMILES string of the molecule is CC(C)C1C=CC(N(c2cc(N(C3=CC(C)C(C(C)CC4CCCC(c5cc6ccc7c(N(c8ccc([Si](C)(C)C)cc8)c8cccc9c8oc8ccccc89)cc(N(c8ccc([Si](C)(C)C)cc8)c8cccc9c8oc8ccccc89)c8ccc(c5)c6c78)C4)C=C3)c3cccc4c3oc3ccccc34)c3ccc4cc(C5CCCCC5)cc5ccc2c3c54)c2cccc3c2oc2ccccc23)=CC1C. The summed E-state index contributed by atoms with van der Waals surface area (Å²) >= 11 is 0. The molecule has 4 aromatic heterocycles. The largest absolute Gasteiger partial charge is 0.454 e. The Balaban J connectivity index is 0.594. The van der Waals surface area contributed by atoms with Crippen molar-refractivity contribution in [1.29, 1.82) is 0 Å². The highest BCUT2D eigenvalue weighted by Gasteiger charge is 2.38. The van der Waals surface area contributed by atoms with Gasteiger partial charge in [-0.15, -0.1) is 0 Å². The van der Waals surface area contributed by atoms with Crippen LogP contribution < -0.4 is 30.0 Å². The van der Waals surface area contributed by atoms with Crippen LogP contribution in [0.2, 0.25) is 39.3 Å². The second kappa shape index (κ2) is 33.6. The average molecular weight is 1860 g/mol. The van der Waals surface area contributed by atoms with Crippen molar-refractivity contribution in [3.8, 4) is 0 Å². The van der Waals surface area contributed by atoms with Crippen molar-refractivity contribution in [2.24, 2.45) is 41.4 Å². The number of fused-ring (bicyclic) bond motifs is 12. The lowest BCUT2D eigenvalue weighted by atomic mass is 9.70. The topological polar surface area (TPSA) is 65.5 Å². The maximum atomic E-state index is 7.29. The van der Waals surface area contributed by atoms with Gasteiger partial charge in [0.05, 0.1) is 61.6 Å². The molecule has 0 saturated heterocycles. The number of para-hydroxylation sites is 8. The first kappa shape index (κ1) is 86.2. The van der Waals surface area contributed by atoms with E-state index in [0.717, 1.165) is 175 Å². The summed E-state index contributed by atoms with van der Waals surface area (Å²) in [5, 5.41) is 26.6. The highest BCUT2D eigenvalue weighted by molar-refractivity contribution is 6.89. The monoisotopic (exact) mass is 1850 g/mol. The Morgan fingerprint density at radius 3 is 1.00 bits per heavy atom. The van der Waals surface area contributed by atoms with Crippen molar-refractivity contribution in [3.63, 3.8) is 0 Å². The third-order valence-corrected chi connectivity index (χ3v) is 37.0. The van der Waals surface area contributed by atoms with Crippen LogP contribution in [0.15, 0.2) is 369 Å². The molecule has 0 amide bonds. The lowest BCUT2D eigenvalue weighted by Gasteiger charge is -2.37. The molecular formula is C130H118N4O4Si2. The molecule has 0 spiro atoms. The molecule has 4 heterocycles. The lowest BCUT2D eigenvalue weighted by Crippen LogP contribution is -2.37. The van der Waals surface area contributed by atoms with Gasteiger partial charge in [0.2, 0.25) is 0 Å². The second-order valence-corrected chi connectivity index (χ2v) is 54.1. The Kier molecular flexibility index (Phi) is 20.7. The Labute approximate surface area is 820 Å². The Morgan fingerprint density at radius 1 is 0.300 bits per heavy atom. The van der Waals surface area contributed by atoms with E-state index in [1.54, 1.807) is 0 Å². The number of furan rings is 4. The minimum Gasteiger partial charge on any atom is -0.454 e. The van der Waals surface area contributed by atoms with Gasteiger partial charge in [-0.3, -0.25) is 0 Å². The molecule has 140 heavy (non-hydrogen) atoms. The summed E-state index contributed by atoms with van der Waals surface area (Å²) in [4.78, 5) is 10.2. The summed E-state index contributed by atoms with van der Waals surface area (Å²) in [7, 11) is -3.47. The average Bonchev–Trinajstić information content (AvgIpc) is 0.918. The van der Waals surface area contributed by atoms with Crippen LogP contribution in [0.3, 0.4) is 0 Å². The summed E-state index contributed by atoms with van der Waals surface area (Å²) < 4.78 is 28.8. The molecule has 0 aliphatic heterocycles. The van der Waals surface area contributed by atoms with E-state index >= 15 is 0 Å². The van der Waals surface area contributed by atoms with Gasteiger partial charge in [-0.1, -0.05) is 359 Å². The van der Waals surface area contributed by atoms with Crippen LogP contribution in [-0.2, 0) is 0 Å². The molecule has 8 nitrogen and oxygen atoms in total. The molecule has 690 valence electrons. The minimum absolute atomic E-state index is 0.193. The standard InChI is InChI=1S/C130H118N4O4Si2/c1-78(2)97-66-56-93(69-80(97)4)133(113-42-26-38-105-101-34-17-21-46-121(101)137-129(105)113)117-77-118(110-65-49-86-73-89(83-29-13-12-14-30-83)72-85-48-64-109(117)126(110)123(85)86)134(114-43-27-39-106-102-35-18-22-47-122(102)138-130(106)114)94-57-67-98(81(5)70-94)79(3)68-82-28-23-31-84(71-82)90-74-87-50-62-107-115(131(91-52-58-95(59-53-91)139(6,7)8)111-40-24-36-103-99-32-15-19-44-119(99)135-127(103)111)76-116(108-63-51-88(75-90)124(87)125(107)108)132(92-54-60-96(61-55-92)140(9,10)11)112-41-25-37-104-100-33-16-20-45-120(100)136-128(104)112/h15-22,24-27,32-67,69-70,72-84,97-98H,12-14,23,28-31,68,71H2,1-11H3. The first-order valence-corrected chi connectivity index (χ1v) is 58.6. The van der Waals surface area contributed by atoms with Crippen LogP contribution in [0.5, 0.6) is 0 Å². The predicted octanol–water partition coefficient (Wildman–Crippen LogP) is 37.5. The van der Waals surface area contributed by atoms with E-state index in [2.05, 4.69) is 433 Å². The number of hydrogen-bond acceptors (Lipinski definition) is 8. The molecule has 0 radical (unpaired) electrons. The minimum atomic E-state index is -1.73. The molecule has 4 aliphatic carbocycles. The molecule has 7 atom stereocenters. The zero-order chi connectivity index (χ0) is 94.4. The van der Waals surface area contributed by atoms with Crippen LogP contribution in [0.1, 0.15) is 122 Å². The van der Waals surface area contributed by atoms with Gasteiger partial charge in [0.15, 0.2) is 22.3 Å². The Morgan fingerprint density at radius 2 is 0.636 bits per heavy atom. The number of anilines is 10. The van der Waals surface area contributed by atoms with Crippen molar-refractivity contribution >= 4 is 236 Å². The maximum absolute atomic E-state index is 7.29. The molecule has 0 bridgehead atoms. The molecule has 0 N–H and O–H groups in total. The van der Waals surface area contributed by atoms with Crippen LogP contribution in [0.4, 0.5) is 56.9 Å². The third kappa shape index (κ3) is 14.3. The van der Waals surface area contributed by atoms with Crippen molar-refractivity contribution in [1.82, 2.24) is 0 Å². The zero-order valence-corrected chi connectivity index (χ0v) is 84.0. The molecule has 2 fully saturated rings. The van der Waals surface area contributed by atoms with Gasteiger partial charge >= 0.3 is 0 Å². The van der Waals surface area contributed by atoms with Crippen LogP contribution >= 0.6 is 0 Å². The molecule has 18 aromatic carbocycles. The van der Waals surface area contributed by atoms with Gasteiger partial charge in [0.25, 0.3) is 0 Å². The van der Waals surface area contributed by atoms with E-state index in [1.807, 2.05) is 0 Å². The first-order chi connectivity index (χ1) is 68.2. The van der Waals surface area contributed by atoms with Gasteiger partial charge in [-0.25, -0.2) is 0 Å². The highest BCUT2D eigenvalue weighted by atomic mass is 28.3. The number of benzene rings is 18. The molecule has 22 aromatic rings. The fourth-order valence-corrected chi connectivity index (χ4v) is 28.2. The number of allylic oxidation sites excluding steroid dienone is 6. The zero-order valence-electron chi connectivity index (χ0n) is 82.0. The molecule has 10 heteroatoms. The van der Waals surface area contributed by atoms with Crippen molar-refractivity contribution < 1.29 is 17.7 Å². The van der Waals surface area contributed by atoms with Crippen LogP contribution in [0, 0.1) is 41.4 Å². The van der Waals surface area contributed by atoms with Gasteiger partial charge in [-0.2, -0.15) is 0 Å². The smallest absolute Gasteiger partial charge is 0.159 e. The maximum Gasteiger partial charge on any atom is 0.159 e. The lowest BCUT2D eigenvalue weighted by molar-refractivity contribution is 0.230. The fourth-order valence-electron chi connectivity index (χ4n) is 25.9. The van der Waals surface area contributed by atoms with Crippen molar-refractivity contribution in [3.05, 3.63) is 362 Å². The number of nitrogens with zero attached hydrogens (tertiary/aromatic N) is 4. The van der Waals surface area contributed by atoms with Crippen LogP contribution in [0.25, 0.3) is 152 Å². The van der Waals surface area contributed by atoms with E-state index in [-0.39, 0.29) is 11.8 Å². The summed E-state index contributed by atoms with van der Waals surface area (Å²) in [6, 6.07) is 115. The predicted molar refractivity (Wildman–Crippen MR) is 601 cm³/mol. The number of rotatable bonds is 20. The van der Waals surface area contributed by atoms with Gasteiger partial charge < -0.3 is 37.3 Å². The molecular weight excluding hydrogens is 1740 g/mol. The van der Waals surface area contributed by atoms with Crippen LogP contribution in [-0.4, -0.2) is 16.1 Å². The summed E-state index contributed by atoms with van der Waals surface area (Å²) in [5.74, 6) is 3.52. The normalized spacial score (nSPS) is 18.3. The Bertz CT molecular complexity index is 8580. The quantitative estimate of drug-likeness (QED) is 0.0552. The first-order valence-electron chi connectivity index (χ1n) is 51.6. The van der Waals surface area contributed by atoms with E-state index in [4.69, 9.17) is 17.7 Å². The van der Waals surface area contributed by atoms with E-state index in [9.17, 15) is 0 Å². The molecule has 26 rings (SSSR count). The van der Waals surface area contributed by atoms with Crippen molar-refractivity contribution in [2.45, 2.75) is 150 Å². The van der Waals surface area contributed by atoms with Gasteiger partial charge in [0.1, 0.15) is 22.3 Å². The Hall–Kier alpha value is -14.2. The second-order valence-electron chi connectivity index (χ2n) is 44.0. The van der Waals surface area contributed by atoms with E-state index in [0.29, 0.717) is 41.4 Å². The van der Waals surface area contributed by atoms with Crippen molar-refractivity contribution in [2.75, 3.05) is 19.6 Å². The van der Waals surface area contributed by atoms with Gasteiger partial charge in [-0.05, 0) is 226 Å². The molecule has 2 saturated carbocycles. The van der Waals surface area contributed by atoms with E-state index in [1.165, 1.54) is 131 Å². The van der Waals surface area contributed by atoms with Gasteiger partial charge in [0, 0.05) is 98.2 Å². The molecule has 4 aliphatic rings. The highest BCUT2D eigenvalue weighted by Crippen LogP contribution is 2.58. The summed E-state index contributed by atoms with van der Waals surface area (Å²) in [6.07, 6.45) is 27.4.